The van der Waals surface area contributed by atoms with Gasteiger partial charge in [-0.05, 0) is 12.1 Å². The van der Waals surface area contributed by atoms with Crippen molar-refractivity contribution in [2.24, 2.45) is 0 Å². The van der Waals surface area contributed by atoms with Gasteiger partial charge in [-0.25, -0.2) is 4.79 Å². The molecule has 18 heavy (non-hydrogen) atoms. The van der Waals surface area contributed by atoms with Gasteiger partial charge >= 0.3 is 5.69 Å². The topological polar surface area (TPSA) is 118 Å². The smallest absolute Gasteiger partial charge is 0.328 e. The minimum absolute atomic E-state index is 0.0439. The number of nitrogens with zero attached hydrogens (tertiary/aromatic N) is 1. The molecule has 0 radical (unpaired) electrons. The summed E-state index contributed by atoms with van der Waals surface area (Å²) >= 11 is 0. The maximum absolute atomic E-state index is 11.0. The second kappa shape index (κ2) is 4.53. The first-order valence-corrected chi connectivity index (χ1v) is 4.80. The summed E-state index contributed by atoms with van der Waals surface area (Å²) in [5.41, 5.74) is -1.38. The normalized spacial score (nSPS) is 10.0. The molecule has 8 nitrogen and oxygen atoms in total. The molecule has 0 unspecified atom stereocenters. The molecule has 0 amide bonds. The van der Waals surface area contributed by atoms with Gasteiger partial charge in [0.05, 0.1) is 11.0 Å². The van der Waals surface area contributed by atoms with E-state index in [4.69, 9.17) is 4.74 Å². The standard InChI is InChI=1S/C10H7N3O5/c14-8-5-9(12-10(15)11-8)18-7-3-1-6(2-4-7)13(16)17/h1-5H,(H2,11,12,14,15). The third kappa shape index (κ3) is 2.61. The Morgan fingerprint density at radius 3 is 2.33 bits per heavy atom. The monoisotopic (exact) mass is 249 g/mol. The molecule has 0 saturated carbocycles. The lowest BCUT2D eigenvalue weighted by Crippen LogP contribution is -2.21. The van der Waals surface area contributed by atoms with Gasteiger partial charge in [0.25, 0.3) is 11.2 Å². The zero-order valence-electron chi connectivity index (χ0n) is 8.88. The van der Waals surface area contributed by atoms with Crippen LogP contribution in [-0.4, -0.2) is 14.9 Å². The fourth-order valence-corrected chi connectivity index (χ4v) is 1.26. The van der Waals surface area contributed by atoms with Gasteiger partial charge in [0, 0.05) is 12.1 Å². The van der Waals surface area contributed by atoms with Gasteiger partial charge in [-0.2, -0.15) is 0 Å². The minimum atomic E-state index is -0.695. The lowest BCUT2D eigenvalue weighted by Gasteiger charge is -2.03. The number of hydrogen-bond acceptors (Lipinski definition) is 5. The van der Waals surface area contributed by atoms with Gasteiger partial charge in [-0.3, -0.25) is 24.9 Å². The van der Waals surface area contributed by atoms with Crippen molar-refractivity contribution in [2.75, 3.05) is 0 Å². The molecule has 2 N–H and O–H groups in total. The molecule has 0 fully saturated rings. The molecule has 0 aliphatic carbocycles. The summed E-state index contributed by atoms with van der Waals surface area (Å²) < 4.78 is 5.18. The first kappa shape index (κ1) is 11.6. The van der Waals surface area contributed by atoms with Crippen molar-refractivity contribution >= 4 is 5.69 Å². The van der Waals surface area contributed by atoms with Crippen molar-refractivity contribution in [3.63, 3.8) is 0 Å². The first-order chi connectivity index (χ1) is 8.54. The average Bonchev–Trinajstić information content (AvgIpc) is 2.28. The van der Waals surface area contributed by atoms with Crippen LogP contribution in [0.2, 0.25) is 0 Å². The van der Waals surface area contributed by atoms with Crippen LogP contribution in [-0.2, 0) is 0 Å². The number of aromatic amines is 2. The van der Waals surface area contributed by atoms with Crippen LogP contribution >= 0.6 is 0 Å². The van der Waals surface area contributed by atoms with Crippen LogP contribution in [0.25, 0.3) is 0 Å². The van der Waals surface area contributed by atoms with Crippen LogP contribution < -0.4 is 16.0 Å². The third-order valence-electron chi connectivity index (χ3n) is 2.01. The SMILES string of the molecule is O=c1cc(Oc2ccc([N+](=O)[O-])cc2)[nH]c(=O)[nH]1. The van der Waals surface area contributed by atoms with E-state index in [0.29, 0.717) is 0 Å². The second-order valence-electron chi connectivity index (χ2n) is 3.31. The highest BCUT2D eigenvalue weighted by Gasteiger charge is 2.05. The van der Waals surface area contributed by atoms with Crippen molar-refractivity contribution in [1.29, 1.82) is 0 Å². The van der Waals surface area contributed by atoms with E-state index in [9.17, 15) is 19.7 Å². The Balaban J connectivity index is 2.26. The van der Waals surface area contributed by atoms with Crippen molar-refractivity contribution in [1.82, 2.24) is 9.97 Å². The molecule has 8 heteroatoms. The highest BCUT2D eigenvalue weighted by molar-refractivity contribution is 5.37. The van der Waals surface area contributed by atoms with Crippen molar-refractivity contribution < 1.29 is 9.66 Å². The number of H-pyrrole nitrogens is 2. The molecule has 0 aliphatic heterocycles. The van der Waals surface area contributed by atoms with E-state index in [1.165, 1.54) is 24.3 Å². The van der Waals surface area contributed by atoms with Gasteiger partial charge < -0.3 is 4.74 Å². The van der Waals surface area contributed by atoms with Crippen LogP contribution in [0.5, 0.6) is 11.6 Å². The first-order valence-electron chi connectivity index (χ1n) is 4.80. The molecule has 0 bridgehead atoms. The van der Waals surface area contributed by atoms with E-state index in [-0.39, 0.29) is 17.3 Å². The van der Waals surface area contributed by atoms with E-state index < -0.39 is 16.2 Å². The van der Waals surface area contributed by atoms with Gasteiger partial charge in [0.2, 0.25) is 5.88 Å². The number of nitrogens with one attached hydrogen (secondary N) is 2. The summed E-state index contributed by atoms with van der Waals surface area (Å²) in [7, 11) is 0. The lowest BCUT2D eigenvalue weighted by molar-refractivity contribution is -0.384. The van der Waals surface area contributed by atoms with E-state index in [2.05, 4.69) is 4.98 Å². The molecule has 92 valence electrons. The van der Waals surface area contributed by atoms with E-state index in [0.717, 1.165) is 6.07 Å². The van der Waals surface area contributed by atoms with Gasteiger partial charge in [-0.1, -0.05) is 0 Å². The Morgan fingerprint density at radius 2 is 1.78 bits per heavy atom. The number of aromatic nitrogens is 2. The van der Waals surface area contributed by atoms with Crippen LogP contribution in [0.1, 0.15) is 0 Å². The summed E-state index contributed by atoms with van der Waals surface area (Å²) in [4.78, 5) is 36.1. The predicted octanol–water partition coefficient (Wildman–Crippen LogP) is 0.764. The third-order valence-corrected chi connectivity index (χ3v) is 2.01. The Morgan fingerprint density at radius 1 is 1.11 bits per heavy atom. The molecular formula is C10H7N3O5. The van der Waals surface area contributed by atoms with Crippen LogP contribution in [0, 0.1) is 10.1 Å². The Labute approximate surface area is 99.0 Å². The van der Waals surface area contributed by atoms with Crippen LogP contribution in [0.3, 0.4) is 0 Å². The second-order valence-corrected chi connectivity index (χ2v) is 3.31. The molecular weight excluding hydrogens is 242 g/mol. The quantitative estimate of drug-likeness (QED) is 0.615. The van der Waals surface area contributed by atoms with Gasteiger partial charge in [-0.15, -0.1) is 0 Å². The number of ether oxygens (including phenoxy) is 1. The highest BCUT2D eigenvalue weighted by Crippen LogP contribution is 2.20. The fourth-order valence-electron chi connectivity index (χ4n) is 1.26. The fraction of sp³-hybridized carbons (Fsp3) is 0. The highest BCUT2D eigenvalue weighted by atomic mass is 16.6. The molecule has 0 aliphatic rings. The van der Waals surface area contributed by atoms with Crippen LogP contribution in [0.15, 0.2) is 39.9 Å². The maximum atomic E-state index is 11.0. The maximum Gasteiger partial charge on any atom is 0.328 e. The Hall–Kier alpha value is -2.90. The van der Waals surface area contributed by atoms with E-state index >= 15 is 0 Å². The zero-order valence-corrected chi connectivity index (χ0v) is 8.88. The molecule has 2 rings (SSSR count). The lowest BCUT2D eigenvalue weighted by atomic mass is 10.3. The Bertz CT molecular complexity index is 657. The zero-order chi connectivity index (χ0) is 13.1. The van der Waals surface area contributed by atoms with Crippen molar-refractivity contribution in [3.8, 4) is 11.6 Å². The number of nitro groups is 1. The number of non-ortho nitro benzene ring substituents is 1. The minimum Gasteiger partial charge on any atom is -0.441 e. The summed E-state index contributed by atoms with van der Waals surface area (Å²) in [5, 5.41) is 10.4. The average molecular weight is 249 g/mol. The van der Waals surface area contributed by atoms with E-state index in [1.807, 2.05) is 4.98 Å². The molecule has 1 aromatic carbocycles. The molecule has 0 saturated heterocycles. The van der Waals surface area contributed by atoms with Crippen LogP contribution in [0.4, 0.5) is 5.69 Å². The summed E-state index contributed by atoms with van der Waals surface area (Å²) in [6, 6.07) is 6.28. The molecule has 0 spiro atoms. The molecule has 0 atom stereocenters. The van der Waals surface area contributed by atoms with Crippen molar-refractivity contribution in [3.05, 3.63) is 61.3 Å². The Kier molecular flexibility index (Phi) is 2.92. The van der Waals surface area contributed by atoms with Gasteiger partial charge in [0.15, 0.2) is 0 Å². The molecule has 1 heterocycles. The van der Waals surface area contributed by atoms with Crippen molar-refractivity contribution in [2.45, 2.75) is 0 Å². The summed E-state index contributed by atoms with van der Waals surface area (Å²) in [6.45, 7) is 0. The number of nitro benzene ring substituents is 1. The largest absolute Gasteiger partial charge is 0.441 e. The number of rotatable bonds is 3. The molecule has 1 aromatic heterocycles. The number of benzene rings is 1. The molecule has 2 aromatic rings. The summed E-state index contributed by atoms with van der Waals surface area (Å²) in [6.07, 6.45) is 0. The summed E-state index contributed by atoms with van der Waals surface area (Å²) in [5.74, 6) is 0.222. The predicted molar refractivity (Wildman–Crippen MR) is 60.9 cm³/mol. The van der Waals surface area contributed by atoms with Gasteiger partial charge in [0.1, 0.15) is 5.75 Å². The number of hydrogen-bond donors (Lipinski definition) is 2. The van der Waals surface area contributed by atoms with E-state index in [1.54, 1.807) is 0 Å².